The van der Waals surface area contributed by atoms with E-state index in [0.29, 0.717) is 6.07 Å². The van der Waals surface area contributed by atoms with Crippen LogP contribution in [0.2, 0.25) is 0 Å². The number of para-hydroxylation sites is 1. The molecule has 0 aliphatic rings. The van der Waals surface area contributed by atoms with Gasteiger partial charge in [-0.25, -0.2) is 0 Å². The van der Waals surface area contributed by atoms with Crippen LogP contribution in [0.15, 0.2) is 41.5 Å². The minimum absolute atomic E-state index is 0.134. The van der Waals surface area contributed by atoms with Gasteiger partial charge < -0.3 is 10.4 Å². The fourth-order valence-corrected chi connectivity index (χ4v) is 2.16. The Hall–Kier alpha value is -3.60. The number of nitro benzene ring substituents is 2. The van der Waals surface area contributed by atoms with E-state index in [1.807, 2.05) is 31.2 Å². The Morgan fingerprint density at radius 1 is 1.23 bits per heavy atom. The van der Waals surface area contributed by atoms with Gasteiger partial charge in [-0.3, -0.25) is 25.7 Å². The predicted molar refractivity (Wildman–Crippen MR) is 99.5 cm³/mol. The Morgan fingerprint density at radius 3 is 2.54 bits per heavy atom. The van der Waals surface area contributed by atoms with E-state index in [-0.39, 0.29) is 10.7 Å². The van der Waals surface area contributed by atoms with Crippen molar-refractivity contribution in [3.8, 4) is 5.75 Å². The summed E-state index contributed by atoms with van der Waals surface area (Å²) in [6, 6.07) is 9.02. The van der Waals surface area contributed by atoms with Gasteiger partial charge in [0.15, 0.2) is 5.11 Å². The maximum Gasteiger partial charge on any atom is 0.318 e. The number of non-ortho nitro benzene ring substituents is 1. The number of hydrogen-bond donors (Lipinski definition) is 3. The van der Waals surface area contributed by atoms with Gasteiger partial charge in [-0.05, 0) is 30.8 Å². The third kappa shape index (κ3) is 4.48. The van der Waals surface area contributed by atoms with E-state index in [0.717, 1.165) is 23.5 Å². The number of hydrogen-bond acceptors (Lipinski definition) is 7. The highest BCUT2D eigenvalue weighted by Crippen LogP contribution is 2.33. The van der Waals surface area contributed by atoms with Crippen molar-refractivity contribution in [3.05, 3.63) is 67.8 Å². The number of nitrogens with zero attached hydrogens (tertiary/aromatic N) is 3. The minimum atomic E-state index is -0.919. The van der Waals surface area contributed by atoms with Crippen LogP contribution in [0.4, 0.5) is 17.1 Å². The Labute approximate surface area is 152 Å². The molecule has 0 bridgehead atoms. The quantitative estimate of drug-likeness (QED) is 0.313. The second-order valence-corrected chi connectivity index (χ2v) is 5.46. The van der Waals surface area contributed by atoms with Crippen molar-refractivity contribution in [1.82, 2.24) is 5.43 Å². The number of anilines is 1. The van der Waals surface area contributed by atoms with E-state index in [1.165, 1.54) is 0 Å². The highest BCUT2D eigenvalue weighted by atomic mass is 32.1. The van der Waals surface area contributed by atoms with Crippen molar-refractivity contribution in [2.24, 2.45) is 5.10 Å². The first-order valence-electron chi connectivity index (χ1n) is 7.11. The van der Waals surface area contributed by atoms with Gasteiger partial charge in [0.2, 0.25) is 5.75 Å². The molecule has 0 saturated heterocycles. The first-order chi connectivity index (χ1) is 12.3. The fraction of sp³-hybridized carbons (Fsp3) is 0.0667. The standard InChI is InChI=1S/C15H13N5O5S/c1-9-4-2-3-5-12(9)17-15(26)18-16-8-10-6-11(19(22)23)7-13(14(10)21)20(24)25/h2-8,21H,1H3,(H2,17,18,26). The van der Waals surface area contributed by atoms with Crippen molar-refractivity contribution in [2.45, 2.75) is 6.92 Å². The number of phenols is 1. The summed E-state index contributed by atoms with van der Waals surface area (Å²) >= 11 is 5.06. The van der Waals surface area contributed by atoms with Gasteiger partial charge >= 0.3 is 5.69 Å². The summed E-state index contributed by atoms with van der Waals surface area (Å²) in [5.41, 5.74) is 2.65. The number of nitrogens with one attached hydrogen (secondary N) is 2. The Bertz CT molecular complexity index is 915. The average molecular weight is 375 g/mol. The van der Waals surface area contributed by atoms with Crippen LogP contribution in [0, 0.1) is 27.2 Å². The van der Waals surface area contributed by atoms with Gasteiger partial charge in [-0.2, -0.15) is 5.10 Å². The molecule has 134 valence electrons. The lowest BCUT2D eigenvalue weighted by Gasteiger charge is -2.09. The molecule has 0 unspecified atom stereocenters. The number of thiocarbonyl (C=S) groups is 1. The van der Waals surface area contributed by atoms with Crippen LogP contribution >= 0.6 is 12.2 Å². The summed E-state index contributed by atoms with van der Waals surface area (Å²) in [6.45, 7) is 1.88. The van der Waals surface area contributed by atoms with E-state index >= 15 is 0 Å². The SMILES string of the molecule is Cc1ccccc1NC(=S)NN=Cc1cc([N+](=O)[O-])cc([N+](=O)[O-])c1O. The number of aromatic hydroxyl groups is 1. The maximum atomic E-state index is 10.9. The van der Waals surface area contributed by atoms with Gasteiger partial charge in [-0.15, -0.1) is 0 Å². The third-order valence-corrected chi connectivity index (χ3v) is 3.47. The zero-order valence-electron chi connectivity index (χ0n) is 13.4. The number of aryl methyl sites for hydroxylation is 1. The predicted octanol–water partition coefficient (Wildman–Crippen LogP) is 2.84. The molecule has 11 heteroatoms. The molecule has 0 amide bonds. The molecule has 0 aliphatic heterocycles. The Morgan fingerprint density at radius 2 is 1.92 bits per heavy atom. The van der Waals surface area contributed by atoms with Crippen LogP contribution in [-0.4, -0.2) is 26.3 Å². The normalized spacial score (nSPS) is 10.5. The molecule has 0 fully saturated rings. The lowest BCUT2D eigenvalue weighted by Crippen LogP contribution is -2.24. The number of nitro groups is 2. The van der Waals surface area contributed by atoms with E-state index in [1.54, 1.807) is 0 Å². The second-order valence-electron chi connectivity index (χ2n) is 5.06. The molecule has 2 rings (SSSR count). The smallest absolute Gasteiger partial charge is 0.318 e. The summed E-state index contributed by atoms with van der Waals surface area (Å²) in [6.07, 6.45) is 1.00. The highest BCUT2D eigenvalue weighted by molar-refractivity contribution is 7.80. The summed E-state index contributed by atoms with van der Waals surface area (Å²) in [4.78, 5) is 20.0. The molecule has 0 radical (unpaired) electrons. The van der Waals surface area contributed by atoms with Crippen molar-refractivity contribution < 1.29 is 15.0 Å². The molecule has 3 N–H and O–H groups in total. The van der Waals surface area contributed by atoms with Gasteiger partial charge in [-0.1, -0.05) is 18.2 Å². The molecule has 2 aromatic carbocycles. The largest absolute Gasteiger partial charge is 0.502 e. The molecule has 0 aliphatic carbocycles. The molecule has 0 saturated carbocycles. The topological polar surface area (TPSA) is 143 Å². The van der Waals surface area contributed by atoms with Gasteiger partial charge in [0, 0.05) is 11.8 Å². The lowest BCUT2D eigenvalue weighted by atomic mass is 10.1. The number of hydrazone groups is 1. The Balaban J connectivity index is 2.17. The molecule has 2 aromatic rings. The van der Waals surface area contributed by atoms with Crippen LogP contribution in [-0.2, 0) is 0 Å². The van der Waals surface area contributed by atoms with Crippen LogP contribution in [0.3, 0.4) is 0 Å². The highest BCUT2D eigenvalue weighted by Gasteiger charge is 2.23. The average Bonchev–Trinajstić information content (AvgIpc) is 2.58. The summed E-state index contributed by atoms with van der Waals surface area (Å²) in [5, 5.41) is 38.4. The van der Waals surface area contributed by atoms with E-state index < -0.39 is 27.0 Å². The number of benzene rings is 2. The van der Waals surface area contributed by atoms with E-state index in [2.05, 4.69) is 15.8 Å². The molecule has 10 nitrogen and oxygen atoms in total. The number of rotatable bonds is 5. The van der Waals surface area contributed by atoms with Crippen molar-refractivity contribution in [3.63, 3.8) is 0 Å². The fourth-order valence-electron chi connectivity index (χ4n) is 1.99. The maximum absolute atomic E-state index is 10.9. The van der Waals surface area contributed by atoms with Crippen LogP contribution in [0.5, 0.6) is 5.75 Å². The van der Waals surface area contributed by atoms with Crippen LogP contribution in [0.25, 0.3) is 0 Å². The lowest BCUT2D eigenvalue weighted by molar-refractivity contribution is -0.394. The molecular weight excluding hydrogens is 362 g/mol. The van der Waals surface area contributed by atoms with Gasteiger partial charge in [0.25, 0.3) is 5.69 Å². The molecule has 26 heavy (non-hydrogen) atoms. The second kappa shape index (κ2) is 7.98. The Kier molecular flexibility index (Phi) is 5.75. The summed E-state index contributed by atoms with van der Waals surface area (Å²) in [7, 11) is 0. The molecule has 0 aromatic heterocycles. The van der Waals surface area contributed by atoms with Crippen molar-refractivity contribution in [1.29, 1.82) is 0 Å². The van der Waals surface area contributed by atoms with Crippen molar-refractivity contribution in [2.75, 3.05) is 5.32 Å². The monoisotopic (exact) mass is 375 g/mol. The first-order valence-corrected chi connectivity index (χ1v) is 7.52. The molecule has 0 atom stereocenters. The summed E-state index contributed by atoms with van der Waals surface area (Å²) in [5.74, 6) is -0.732. The van der Waals surface area contributed by atoms with E-state index in [9.17, 15) is 25.3 Å². The van der Waals surface area contributed by atoms with Gasteiger partial charge in [0.05, 0.1) is 27.7 Å². The molecule has 0 spiro atoms. The van der Waals surface area contributed by atoms with E-state index in [4.69, 9.17) is 12.2 Å². The minimum Gasteiger partial charge on any atom is -0.502 e. The third-order valence-electron chi connectivity index (χ3n) is 3.27. The van der Waals surface area contributed by atoms with Gasteiger partial charge in [0.1, 0.15) is 0 Å². The van der Waals surface area contributed by atoms with Crippen LogP contribution < -0.4 is 10.7 Å². The summed E-state index contributed by atoms with van der Waals surface area (Å²) < 4.78 is 0. The van der Waals surface area contributed by atoms with Crippen molar-refractivity contribution >= 4 is 40.6 Å². The zero-order valence-corrected chi connectivity index (χ0v) is 14.2. The number of phenolic OH excluding ortho intramolecular Hbond substituents is 1. The molecule has 0 heterocycles. The van der Waals surface area contributed by atoms with Crippen LogP contribution in [0.1, 0.15) is 11.1 Å². The molecular formula is C15H13N5O5S. The zero-order chi connectivity index (χ0) is 19.3. The first kappa shape index (κ1) is 18.7.